The number of benzene rings is 1. The molecule has 0 N–H and O–H groups in total. The summed E-state index contributed by atoms with van der Waals surface area (Å²) in [5.74, 6) is 0.436. The number of para-hydroxylation sites is 1. The van der Waals surface area contributed by atoms with E-state index < -0.39 is 7.60 Å². The summed E-state index contributed by atoms with van der Waals surface area (Å²) < 4.78 is 24.0. The van der Waals surface area contributed by atoms with Gasteiger partial charge in [0.2, 0.25) is 0 Å². The van der Waals surface area contributed by atoms with Crippen molar-refractivity contribution in [3.05, 3.63) is 29.3 Å². The largest absolute Gasteiger partial charge is 0.423 e. The standard InChI is InChI=1S/C15H24ClO3P/c1-3-5-9-13-20(17,18-12-6-4-2)19-15-11-8-7-10-14(15)16/h7-8,10-11H,3-6,9,12-13H2,1-2H3. The van der Waals surface area contributed by atoms with Crippen molar-refractivity contribution >= 4 is 19.2 Å². The van der Waals surface area contributed by atoms with Gasteiger partial charge in [-0.1, -0.05) is 56.8 Å². The third-order valence-electron chi connectivity index (χ3n) is 2.90. The highest BCUT2D eigenvalue weighted by atomic mass is 35.5. The van der Waals surface area contributed by atoms with E-state index >= 15 is 0 Å². The molecule has 1 rings (SSSR count). The first-order chi connectivity index (χ1) is 9.61. The van der Waals surface area contributed by atoms with Crippen molar-refractivity contribution in [2.75, 3.05) is 12.8 Å². The third-order valence-corrected chi connectivity index (χ3v) is 5.12. The molecule has 3 nitrogen and oxygen atoms in total. The smallest absolute Gasteiger partial charge is 0.379 e. The minimum absolute atomic E-state index is 0.436. The van der Waals surface area contributed by atoms with Crippen LogP contribution in [-0.2, 0) is 9.09 Å². The van der Waals surface area contributed by atoms with Crippen molar-refractivity contribution in [3.63, 3.8) is 0 Å². The number of hydrogen-bond donors (Lipinski definition) is 0. The van der Waals surface area contributed by atoms with Crippen LogP contribution in [0.5, 0.6) is 5.75 Å². The molecule has 1 aromatic rings. The summed E-state index contributed by atoms with van der Waals surface area (Å²) in [5, 5.41) is 0.460. The lowest BCUT2D eigenvalue weighted by atomic mass is 10.3. The summed E-state index contributed by atoms with van der Waals surface area (Å²) >= 11 is 6.05. The molecule has 0 saturated carbocycles. The second kappa shape index (κ2) is 9.44. The van der Waals surface area contributed by atoms with Crippen LogP contribution in [0.3, 0.4) is 0 Å². The molecule has 0 amide bonds. The summed E-state index contributed by atoms with van der Waals surface area (Å²) in [6.45, 7) is 4.64. The van der Waals surface area contributed by atoms with E-state index in [4.69, 9.17) is 20.6 Å². The summed E-state index contributed by atoms with van der Waals surface area (Å²) in [7, 11) is -3.11. The fourth-order valence-corrected chi connectivity index (χ4v) is 3.69. The Hall–Kier alpha value is -0.500. The zero-order valence-electron chi connectivity index (χ0n) is 12.3. The molecule has 0 spiro atoms. The number of hydrogen-bond acceptors (Lipinski definition) is 3. The van der Waals surface area contributed by atoms with Gasteiger partial charge in [0.1, 0.15) is 5.75 Å². The van der Waals surface area contributed by atoms with Crippen LogP contribution in [0.4, 0.5) is 0 Å². The monoisotopic (exact) mass is 318 g/mol. The van der Waals surface area contributed by atoms with Gasteiger partial charge in [0, 0.05) is 0 Å². The molecule has 1 atom stereocenters. The maximum Gasteiger partial charge on any atom is 0.379 e. The highest BCUT2D eigenvalue weighted by molar-refractivity contribution is 7.54. The summed E-state index contributed by atoms with van der Waals surface area (Å²) in [6.07, 6.45) is 5.25. The average molecular weight is 319 g/mol. The van der Waals surface area contributed by atoms with Crippen LogP contribution in [0, 0.1) is 0 Å². The predicted molar refractivity (Wildman–Crippen MR) is 84.9 cm³/mol. The Kier molecular flexibility index (Phi) is 8.28. The summed E-state index contributed by atoms with van der Waals surface area (Å²) in [5.41, 5.74) is 0. The van der Waals surface area contributed by atoms with Gasteiger partial charge in [-0.2, -0.15) is 0 Å². The maximum atomic E-state index is 12.8. The first-order valence-electron chi connectivity index (χ1n) is 7.29. The van der Waals surface area contributed by atoms with Crippen LogP contribution in [-0.4, -0.2) is 12.8 Å². The quantitative estimate of drug-likeness (QED) is 0.397. The highest BCUT2D eigenvalue weighted by Crippen LogP contribution is 2.50. The summed E-state index contributed by atoms with van der Waals surface area (Å²) in [6, 6.07) is 7.07. The fourth-order valence-electron chi connectivity index (χ4n) is 1.71. The molecule has 0 fully saturated rings. The van der Waals surface area contributed by atoms with E-state index in [9.17, 15) is 4.57 Å². The first kappa shape index (κ1) is 17.6. The van der Waals surface area contributed by atoms with Crippen LogP contribution in [0.2, 0.25) is 5.02 Å². The topological polar surface area (TPSA) is 35.5 Å². The maximum absolute atomic E-state index is 12.8. The van der Waals surface area contributed by atoms with Gasteiger partial charge >= 0.3 is 7.60 Å². The molecule has 5 heteroatoms. The normalized spacial score (nSPS) is 13.9. The number of rotatable bonds is 10. The molecule has 0 aliphatic rings. The zero-order valence-corrected chi connectivity index (χ0v) is 14.0. The van der Waals surface area contributed by atoms with E-state index in [1.807, 2.05) is 12.1 Å². The highest BCUT2D eigenvalue weighted by Gasteiger charge is 2.26. The molecule has 0 aliphatic heterocycles. The van der Waals surface area contributed by atoms with Crippen LogP contribution in [0.1, 0.15) is 46.0 Å². The van der Waals surface area contributed by atoms with E-state index in [1.54, 1.807) is 12.1 Å². The molecule has 20 heavy (non-hydrogen) atoms. The second-order valence-corrected chi connectivity index (χ2v) is 7.27. The first-order valence-corrected chi connectivity index (χ1v) is 9.39. The van der Waals surface area contributed by atoms with Crippen molar-refractivity contribution in [1.29, 1.82) is 0 Å². The van der Waals surface area contributed by atoms with Gasteiger partial charge in [0.05, 0.1) is 17.8 Å². The van der Waals surface area contributed by atoms with Crippen molar-refractivity contribution in [3.8, 4) is 5.75 Å². The average Bonchev–Trinajstić information content (AvgIpc) is 2.42. The Morgan fingerprint density at radius 1 is 1.10 bits per heavy atom. The molecule has 0 bridgehead atoms. The lowest BCUT2D eigenvalue weighted by molar-refractivity contribution is 0.259. The van der Waals surface area contributed by atoms with Gasteiger partial charge in [-0.25, -0.2) is 4.57 Å². The third kappa shape index (κ3) is 6.30. The van der Waals surface area contributed by atoms with Crippen molar-refractivity contribution < 1.29 is 13.6 Å². The zero-order chi connectivity index (χ0) is 14.8. The SMILES string of the molecule is CCCCCP(=O)(OCCCC)Oc1ccccc1Cl. The van der Waals surface area contributed by atoms with Gasteiger partial charge in [-0.3, -0.25) is 4.52 Å². The Labute approximate surface area is 127 Å². The minimum atomic E-state index is -3.11. The number of halogens is 1. The van der Waals surface area contributed by atoms with E-state index in [1.165, 1.54) is 0 Å². The Bertz CT molecular complexity index is 423. The van der Waals surface area contributed by atoms with Gasteiger partial charge in [0.15, 0.2) is 0 Å². The lowest BCUT2D eigenvalue weighted by Crippen LogP contribution is -2.04. The Morgan fingerprint density at radius 2 is 1.80 bits per heavy atom. The van der Waals surface area contributed by atoms with Crippen molar-refractivity contribution in [2.24, 2.45) is 0 Å². The van der Waals surface area contributed by atoms with E-state index in [2.05, 4.69) is 13.8 Å². The number of unbranched alkanes of at least 4 members (excludes halogenated alkanes) is 3. The Balaban J connectivity index is 2.70. The van der Waals surface area contributed by atoms with E-state index in [-0.39, 0.29) is 0 Å². The molecule has 0 heterocycles. The molecule has 0 saturated heterocycles. The van der Waals surface area contributed by atoms with Crippen LogP contribution in [0.15, 0.2) is 24.3 Å². The molecule has 0 aliphatic carbocycles. The predicted octanol–water partition coefficient (Wildman–Crippen LogP) is 5.92. The fraction of sp³-hybridized carbons (Fsp3) is 0.600. The van der Waals surface area contributed by atoms with E-state index in [0.717, 1.165) is 32.1 Å². The molecular weight excluding hydrogens is 295 g/mol. The molecular formula is C15H24ClO3P. The van der Waals surface area contributed by atoms with Gasteiger partial charge < -0.3 is 4.52 Å². The van der Waals surface area contributed by atoms with Crippen LogP contribution in [0.25, 0.3) is 0 Å². The van der Waals surface area contributed by atoms with Crippen molar-refractivity contribution in [1.82, 2.24) is 0 Å². The molecule has 0 aromatic heterocycles. The van der Waals surface area contributed by atoms with E-state index in [0.29, 0.717) is 23.5 Å². The second-order valence-electron chi connectivity index (χ2n) is 4.75. The molecule has 1 unspecified atom stereocenters. The van der Waals surface area contributed by atoms with Gasteiger partial charge in [-0.15, -0.1) is 0 Å². The minimum Gasteiger partial charge on any atom is -0.423 e. The molecule has 114 valence electrons. The van der Waals surface area contributed by atoms with Crippen molar-refractivity contribution in [2.45, 2.75) is 46.0 Å². The van der Waals surface area contributed by atoms with Crippen LogP contribution >= 0.6 is 19.2 Å². The Morgan fingerprint density at radius 3 is 2.45 bits per heavy atom. The molecule has 0 radical (unpaired) electrons. The lowest BCUT2D eigenvalue weighted by Gasteiger charge is -2.20. The van der Waals surface area contributed by atoms with Gasteiger partial charge in [-0.05, 0) is 25.0 Å². The van der Waals surface area contributed by atoms with Gasteiger partial charge in [0.25, 0.3) is 0 Å². The summed E-state index contributed by atoms with van der Waals surface area (Å²) in [4.78, 5) is 0. The molecule has 1 aromatic carbocycles. The van der Waals surface area contributed by atoms with Crippen LogP contribution < -0.4 is 4.52 Å².